The first-order chi connectivity index (χ1) is 6.60. The van der Waals surface area contributed by atoms with E-state index in [4.69, 9.17) is 0 Å². The van der Waals surface area contributed by atoms with Crippen LogP contribution >= 0.6 is 0 Å². The van der Waals surface area contributed by atoms with E-state index >= 15 is 0 Å². The molecular formula is C12H16FN. The van der Waals surface area contributed by atoms with Gasteiger partial charge >= 0.3 is 0 Å². The van der Waals surface area contributed by atoms with Gasteiger partial charge in [-0.1, -0.05) is 6.07 Å². The Morgan fingerprint density at radius 2 is 2.14 bits per heavy atom. The molecule has 0 saturated carbocycles. The van der Waals surface area contributed by atoms with Crippen molar-refractivity contribution in [3.05, 3.63) is 35.1 Å². The zero-order valence-corrected chi connectivity index (χ0v) is 8.73. The molecule has 0 bridgehead atoms. The normalized spacial score (nSPS) is 26.8. The molecule has 0 spiro atoms. The average molecular weight is 193 g/mol. The molecule has 1 unspecified atom stereocenters. The van der Waals surface area contributed by atoms with Gasteiger partial charge in [-0.3, -0.25) is 0 Å². The largest absolute Gasteiger partial charge is 0.308 e. The molecule has 0 radical (unpaired) electrons. The van der Waals surface area contributed by atoms with Crippen molar-refractivity contribution in [1.29, 1.82) is 0 Å². The molecule has 2 rings (SSSR count). The van der Waals surface area contributed by atoms with Gasteiger partial charge in [0.05, 0.1) is 0 Å². The number of rotatable bonds is 1. The van der Waals surface area contributed by atoms with E-state index in [1.807, 2.05) is 6.92 Å². The highest BCUT2D eigenvalue weighted by Gasteiger charge is 2.30. The summed E-state index contributed by atoms with van der Waals surface area (Å²) in [5.41, 5.74) is 2.05. The molecule has 0 aliphatic carbocycles. The van der Waals surface area contributed by atoms with Crippen LogP contribution in [-0.2, 0) is 5.54 Å². The SMILES string of the molecule is Cc1cc(F)cc(C2(C)CCCN2)c1. The molecule has 14 heavy (non-hydrogen) atoms. The smallest absolute Gasteiger partial charge is 0.123 e. The lowest BCUT2D eigenvalue weighted by Crippen LogP contribution is -2.33. The molecule has 1 aliphatic rings. The third kappa shape index (κ3) is 1.67. The Bertz CT molecular complexity index is 320. The third-order valence-corrected chi connectivity index (χ3v) is 3.05. The predicted molar refractivity (Wildman–Crippen MR) is 55.7 cm³/mol. The van der Waals surface area contributed by atoms with Crippen molar-refractivity contribution in [1.82, 2.24) is 5.32 Å². The fraction of sp³-hybridized carbons (Fsp3) is 0.500. The Morgan fingerprint density at radius 1 is 1.36 bits per heavy atom. The predicted octanol–water partition coefficient (Wildman–Crippen LogP) is 2.73. The first-order valence-corrected chi connectivity index (χ1v) is 5.13. The molecule has 1 aliphatic heterocycles. The molecule has 0 aromatic heterocycles. The Balaban J connectivity index is 2.40. The molecule has 1 heterocycles. The van der Waals surface area contributed by atoms with E-state index < -0.39 is 0 Å². The van der Waals surface area contributed by atoms with Gasteiger partial charge in [0.2, 0.25) is 0 Å². The molecule has 1 aromatic rings. The Morgan fingerprint density at radius 3 is 2.71 bits per heavy atom. The highest BCUT2D eigenvalue weighted by molar-refractivity contribution is 5.30. The molecule has 76 valence electrons. The maximum atomic E-state index is 13.2. The van der Waals surface area contributed by atoms with E-state index in [0.717, 1.165) is 24.1 Å². The molecule has 0 amide bonds. The summed E-state index contributed by atoms with van der Waals surface area (Å²) >= 11 is 0. The van der Waals surface area contributed by atoms with Crippen molar-refractivity contribution in [2.24, 2.45) is 0 Å². The van der Waals surface area contributed by atoms with Crippen LogP contribution in [0.5, 0.6) is 0 Å². The van der Waals surface area contributed by atoms with Crippen LogP contribution in [0.25, 0.3) is 0 Å². The topological polar surface area (TPSA) is 12.0 Å². The van der Waals surface area contributed by atoms with Crippen LogP contribution in [0.1, 0.15) is 30.9 Å². The Hall–Kier alpha value is -0.890. The lowest BCUT2D eigenvalue weighted by atomic mass is 9.89. The number of hydrogen-bond donors (Lipinski definition) is 1. The van der Waals surface area contributed by atoms with Crippen molar-refractivity contribution in [2.45, 2.75) is 32.2 Å². The minimum atomic E-state index is -0.130. The van der Waals surface area contributed by atoms with Crippen LogP contribution < -0.4 is 5.32 Å². The minimum absolute atomic E-state index is 0.0210. The second-order valence-corrected chi connectivity index (χ2v) is 4.38. The van der Waals surface area contributed by atoms with Crippen molar-refractivity contribution in [3.63, 3.8) is 0 Å². The molecule has 1 N–H and O–H groups in total. The molecule has 1 aromatic carbocycles. The van der Waals surface area contributed by atoms with Crippen LogP contribution in [0.15, 0.2) is 18.2 Å². The maximum Gasteiger partial charge on any atom is 0.123 e. The Kier molecular flexibility index (Phi) is 2.31. The van der Waals surface area contributed by atoms with Gasteiger partial charge in [-0.15, -0.1) is 0 Å². The summed E-state index contributed by atoms with van der Waals surface area (Å²) in [6.07, 6.45) is 2.27. The highest BCUT2D eigenvalue weighted by Crippen LogP contribution is 2.31. The van der Waals surface area contributed by atoms with Crippen molar-refractivity contribution >= 4 is 0 Å². The summed E-state index contributed by atoms with van der Waals surface area (Å²) < 4.78 is 13.2. The first kappa shape index (κ1) is 9.66. The van der Waals surface area contributed by atoms with Gasteiger partial charge in [0.1, 0.15) is 5.82 Å². The average Bonchev–Trinajstić information content (AvgIpc) is 2.52. The molecule has 2 heteroatoms. The van der Waals surface area contributed by atoms with Crippen molar-refractivity contribution in [2.75, 3.05) is 6.54 Å². The highest BCUT2D eigenvalue weighted by atomic mass is 19.1. The Labute approximate surface area is 84.3 Å². The molecule has 1 atom stereocenters. The second-order valence-electron chi connectivity index (χ2n) is 4.38. The zero-order valence-electron chi connectivity index (χ0n) is 8.73. The standard InChI is InChI=1S/C12H16FN/c1-9-6-10(8-11(13)7-9)12(2)4-3-5-14-12/h6-8,14H,3-5H2,1-2H3. The summed E-state index contributed by atoms with van der Waals surface area (Å²) in [6.45, 7) is 5.12. The van der Waals surface area contributed by atoms with Gasteiger partial charge in [-0.05, 0) is 56.5 Å². The number of aryl methyl sites for hydroxylation is 1. The van der Waals surface area contributed by atoms with E-state index in [0.29, 0.717) is 0 Å². The number of halogens is 1. The molecule has 1 fully saturated rings. The summed E-state index contributed by atoms with van der Waals surface area (Å²) in [5, 5.41) is 3.44. The number of nitrogens with one attached hydrogen (secondary N) is 1. The van der Waals surface area contributed by atoms with Gasteiger partial charge in [-0.25, -0.2) is 4.39 Å². The van der Waals surface area contributed by atoms with Gasteiger partial charge in [0.25, 0.3) is 0 Å². The van der Waals surface area contributed by atoms with E-state index in [9.17, 15) is 4.39 Å². The fourth-order valence-electron chi connectivity index (χ4n) is 2.20. The van der Waals surface area contributed by atoms with Crippen LogP contribution in [0.2, 0.25) is 0 Å². The van der Waals surface area contributed by atoms with E-state index in [-0.39, 0.29) is 11.4 Å². The number of benzene rings is 1. The number of hydrogen-bond acceptors (Lipinski definition) is 1. The molecule has 1 saturated heterocycles. The second kappa shape index (κ2) is 3.35. The fourth-order valence-corrected chi connectivity index (χ4v) is 2.20. The summed E-state index contributed by atoms with van der Waals surface area (Å²) in [6, 6.07) is 5.29. The molecular weight excluding hydrogens is 177 g/mol. The first-order valence-electron chi connectivity index (χ1n) is 5.13. The van der Waals surface area contributed by atoms with Crippen molar-refractivity contribution in [3.8, 4) is 0 Å². The van der Waals surface area contributed by atoms with Crippen molar-refractivity contribution < 1.29 is 4.39 Å². The van der Waals surface area contributed by atoms with Gasteiger partial charge in [-0.2, -0.15) is 0 Å². The quantitative estimate of drug-likeness (QED) is 0.723. The van der Waals surface area contributed by atoms with Crippen LogP contribution in [-0.4, -0.2) is 6.54 Å². The third-order valence-electron chi connectivity index (χ3n) is 3.05. The zero-order chi connectivity index (χ0) is 10.2. The summed E-state index contributed by atoms with van der Waals surface area (Å²) in [4.78, 5) is 0. The van der Waals surface area contributed by atoms with Gasteiger partial charge in [0.15, 0.2) is 0 Å². The molecule has 1 nitrogen and oxygen atoms in total. The van der Waals surface area contributed by atoms with Crippen LogP contribution in [0, 0.1) is 12.7 Å². The summed E-state index contributed by atoms with van der Waals surface area (Å²) in [5.74, 6) is -0.130. The van der Waals surface area contributed by atoms with E-state index in [1.54, 1.807) is 12.1 Å². The minimum Gasteiger partial charge on any atom is -0.308 e. The van der Waals surface area contributed by atoms with Crippen LogP contribution in [0.4, 0.5) is 4.39 Å². The maximum absolute atomic E-state index is 13.2. The lowest BCUT2D eigenvalue weighted by Gasteiger charge is -2.25. The lowest BCUT2D eigenvalue weighted by molar-refractivity contribution is 0.431. The van der Waals surface area contributed by atoms with Gasteiger partial charge in [0, 0.05) is 5.54 Å². The summed E-state index contributed by atoms with van der Waals surface area (Å²) in [7, 11) is 0. The monoisotopic (exact) mass is 193 g/mol. The van der Waals surface area contributed by atoms with Crippen LogP contribution in [0.3, 0.4) is 0 Å². The van der Waals surface area contributed by atoms with E-state index in [2.05, 4.69) is 18.3 Å². The van der Waals surface area contributed by atoms with Gasteiger partial charge < -0.3 is 5.32 Å². The van der Waals surface area contributed by atoms with E-state index in [1.165, 1.54) is 6.42 Å².